The van der Waals surface area contributed by atoms with Crippen LogP contribution in [0, 0.1) is 0 Å². The van der Waals surface area contributed by atoms with E-state index < -0.39 is 15.6 Å². The zero-order valence-corrected chi connectivity index (χ0v) is 16.4. The van der Waals surface area contributed by atoms with Crippen LogP contribution in [0.5, 0.6) is 0 Å². The monoisotopic (exact) mass is 443 g/mol. The fraction of sp³-hybridized carbons (Fsp3) is 0.125. The maximum absolute atomic E-state index is 12.6. The van der Waals surface area contributed by atoms with Crippen LogP contribution in [-0.4, -0.2) is 20.1 Å². The van der Waals surface area contributed by atoms with Crippen LogP contribution in [0.25, 0.3) is 0 Å². The predicted octanol–water partition coefficient (Wildman–Crippen LogP) is 3.79. The van der Waals surface area contributed by atoms with Crippen molar-refractivity contribution in [3.63, 3.8) is 0 Å². The number of hydrogen-bond acceptors (Lipinski definition) is 5. The molecule has 0 aliphatic rings. The van der Waals surface area contributed by atoms with Crippen LogP contribution in [0.3, 0.4) is 0 Å². The minimum Gasteiger partial charge on any atom is -0.378 e. The van der Waals surface area contributed by atoms with Crippen molar-refractivity contribution >= 4 is 48.6 Å². The van der Waals surface area contributed by atoms with Crippen molar-refractivity contribution in [3.05, 3.63) is 73.5 Å². The second kappa shape index (κ2) is 7.07. The summed E-state index contributed by atoms with van der Waals surface area (Å²) in [5.41, 5.74) is -0.729. The first-order valence-electron chi connectivity index (χ1n) is 6.97. The molecule has 0 saturated heterocycles. The highest BCUT2D eigenvalue weighted by molar-refractivity contribution is 9.10. The number of rotatable bonds is 6. The molecule has 3 rings (SSSR count). The van der Waals surface area contributed by atoms with Gasteiger partial charge >= 0.3 is 0 Å². The Balaban J connectivity index is 1.92. The van der Waals surface area contributed by atoms with Crippen molar-refractivity contribution in [2.24, 2.45) is 0 Å². The van der Waals surface area contributed by atoms with Crippen molar-refractivity contribution in [3.8, 4) is 0 Å². The van der Waals surface area contributed by atoms with Gasteiger partial charge in [0, 0.05) is 21.5 Å². The van der Waals surface area contributed by atoms with E-state index in [0.717, 1.165) is 0 Å². The highest BCUT2D eigenvalue weighted by Crippen LogP contribution is 2.34. The molecule has 0 saturated carbocycles. The molecular weight excluding hydrogens is 430 g/mol. The summed E-state index contributed by atoms with van der Waals surface area (Å²) in [4.78, 5) is 0.833. The normalized spacial score (nSPS) is 14.4. The van der Waals surface area contributed by atoms with Crippen LogP contribution < -0.4 is 4.72 Å². The second-order valence-corrected chi connectivity index (χ2v) is 9.42. The molecule has 3 aromatic rings. The molecule has 0 aliphatic carbocycles. The van der Waals surface area contributed by atoms with E-state index in [4.69, 9.17) is 0 Å². The zero-order valence-electron chi connectivity index (χ0n) is 12.3. The standard InChI is InChI=1S/C16H14BrNO3S3/c17-13-4-1-2-5-14(13)24(20,21)18-11-16(19,12-7-9-22-10-12)15-6-3-8-23-15/h1-10,18-19H,11H2/t16-/m1/s1. The topological polar surface area (TPSA) is 66.4 Å². The molecule has 0 fully saturated rings. The lowest BCUT2D eigenvalue weighted by Gasteiger charge is -2.27. The fourth-order valence-electron chi connectivity index (χ4n) is 2.29. The molecule has 2 N–H and O–H groups in total. The molecule has 126 valence electrons. The Kier molecular flexibility index (Phi) is 5.24. The third kappa shape index (κ3) is 3.49. The van der Waals surface area contributed by atoms with Gasteiger partial charge in [-0.25, -0.2) is 13.1 Å². The van der Waals surface area contributed by atoms with E-state index in [-0.39, 0.29) is 11.4 Å². The van der Waals surface area contributed by atoms with Gasteiger partial charge < -0.3 is 5.11 Å². The first kappa shape index (κ1) is 17.8. The van der Waals surface area contributed by atoms with E-state index in [9.17, 15) is 13.5 Å². The average Bonchev–Trinajstić information content (AvgIpc) is 3.26. The lowest BCUT2D eigenvalue weighted by Crippen LogP contribution is -2.41. The lowest BCUT2D eigenvalue weighted by atomic mass is 9.95. The van der Waals surface area contributed by atoms with Crippen molar-refractivity contribution < 1.29 is 13.5 Å². The maximum atomic E-state index is 12.6. The summed E-state index contributed by atoms with van der Waals surface area (Å²) in [6.45, 7) is -0.145. The first-order chi connectivity index (χ1) is 11.4. The van der Waals surface area contributed by atoms with Crippen LogP contribution >= 0.6 is 38.6 Å². The summed E-state index contributed by atoms with van der Waals surface area (Å²) in [7, 11) is -3.76. The van der Waals surface area contributed by atoms with Gasteiger partial charge in [0.25, 0.3) is 0 Å². The van der Waals surface area contributed by atoms with E-state index in [1.165, 1.54) is 28.7 Å². The van der Waals surface area contributed by atoms with Crippen molar-refractivity contribution in [1.82, 2.24) is 4.72 Å². The minimum atomic E-state index is -3.76. The molecule has 1 aromatic carbocycles. The molecule has 0 unspecified atom stereocenters. The van der Waals surface area contributed by atoms with Crippen molar-refractivity contribution in [1.29, 1.82) is 0 Å². The highest BCUT2D eigenvalue weighted by atomic mass is 79.9. The molecule has 0 aliphatic heterocycles. The number of aliphatic hydroxyl groups is 1. The maximum Gasteiger partial charge on any atom is 0.241 e. The first-order valence-corrected chi connectivity index (χ1v) is 11.1. The quantitative estimate of drug-likeness (QED) is 0.608. The predicted molar refractivity (Wildman–Crippen MR) is 101 cm³/mol. The van der Waals surface area contributed by atoms with Crippen molar-refractivity contribution in [2.45, 2.75) is 10.5 Å². The molecule has 0 bridgehead atoms. The summed E-state index contributed by atoms with van der Waals surface area (Å²) in [5.74, 6) is 0. The van der Waals surface area contributed by atoms with Gasteiger partial charge in [-0.15, -0.1) is 11.3 Å². The Morgan fingerprint density at radius 3 is 2.54 bits per heavy atom. The largest absolute Gasteiger partial charge is 0.378 e. The van der Waals surface area contributed by atoms with Gasteiger partial charge in [0.15, 0.2) is 0 Å². The number of nitrogens with one attached hydrogen (secondary N) is 1. The molecular formula is C16H14BrNO3S3. The van der Waals surface area contributed by atoms with E-state index in [0.29, 0.717) is 14.9 Å². The van der Waals surface area contributed by atoms with Gasteiger partial charge in [-0.05, 0) is 56.3 Å². The van der Waals surface area contributed by atoms with Crippen LogP contribution in [0.4, 0.5) is 0 Å². The van der Waals surface area contributed by atoms with Crippen LogP contribution in [0.2, 0.25) is 0 Å². The van der Waals surface area contributed by atoms with Crippen LogP contribution in [0.15, 0.2) is 68.0 Å². The molecule has 2 aromatic heterocycles. The summed E-state index contributed by atoms with van der Waals surface area (Å²) in [6.07, 6.45) is 0. The summed E-state index contributed by atoms with van der Waals surface area (Å²) in [6, 6.07) is 12.0. The average molecular weight is 444 g/mol. The van der Waals surface area contributed by atoms with Gasteiger partial charge in [-0.1, -0.05) is 18.2 Å². The summed E-state index contributed by atoms with van der Waals surface area (Å²) in [5, 5.41) is 16.7. The molecule has 24 heavy (non-hydrogen) atoms. The van der Waals surface area contributed by atoms with Crippen LogP contribution in [-0.2, 0) is 15.6 Å². The number of thiophene rings is 2. The number of hydrogen-bond donors (Lipinski definition) is 2. The second-order valence-electron chi connectivity index (χ2n) is 5.10. The Bertz CT molecular complexity index is 872. The molecule has 2 heterocycles. The van der Waals surface area contributed by atoms with E-state index >= 15 is 0 Å². The summed E-state index contributed by atoms with van der Waals surface area (Å²) >= 11 is 6.10. The van der Waals surface area contributed by atoms with Gasteiger partial charge in [0.1, 0.15) is 5.60 Å². The zero-order chi connectivity index (χ0) is 17.2. The number of benzene rings is 1. The molecule has 8 heteroatoms. The van der Waals surface area contributed by atoms with Gasteiger partial charge in [-0.2, -0.15) is 11.3 Å². The minimum absolute atomic E-state index is 0.142. The Morgan fingerprint density at radius 2 is 1.92 bits per heavy atom. The Morgan fingerprint density at radius 1 is 1.12 bits per heavy atom. The Labute approximate surface area is 157 Å². The molecule has 1 atom stereocenters. The fourth-order valence-corrected chi connectivity index (χ4v) is 5.92. The molecule has 4 nitrogen and oxygen atoms in total. The van der Waals surface area contributed by atoms with E-state index in [1.54, 1.807) is 30.3 Å². The van der Waals surface area contributed by atoms with Gasteiger partial charge in [0.05, 0.1) is 4.90 Å². The van der Waals surface area contributed by atoms with E-state index in [1.807, 2.05) is 22.2 Å². The number of sulfonamides is 1. The number of halogens is 1. The van der Waals surface area contributed by atoms with E-state index in [2.05, 4.69) is 20.7 Å². The third-order valence-corrected chi connectivity index (χ3v) is 7.69. The lowest BCUT2D eigenvalue weighted by molar-refractivity contribution is 0.0903. The molecule has 0 amide bonds. The molecule has 0 spiro atoms. The third-order valence-electron chi connectivity index (χ3n) is 3.57. The van der Waals surface area contributed by atoms with Gasteiger partial charge in [-0.3, -0.25) is 0 Å². The molecule has 0 radical (unpaired) electrons. The summed E-state index contributed by atoms with van der Waals surface area (Å²) < 4.78 is 28.2. The SMILES string of the molecule is O=S(=O)(NC[C@@](O)(c1ccsc1)c1cccs1)c1ccccc1Br. The van der Waals surface area contributed by atoms with Crippen molar-refractivity contribution in [2.75, 3.05) is 6.54 Å². The van der Waals surface area contributed by atoms with Gasteiger partial charge in [0.2, 0.25) is 10.0 Å². The smallest absolute Gasteiger partial charge is 0.241 e. The van der Waals surface area contributed by atoms with Crippen LogP contribution in [0.1, 0.15) is 10.4 Å². The Hall–Kier alpha value is -1.03. The highest BCUT2D eigenvalue weighted by Gasteiger charge is 2.35.